The Labute approximate surface area is 74.7 Å². The van der Waals surface area contributed by atoms with Crippen LogP contribution in [0, 0.1) is 10.1 Å². The SMILES string of the molecule is CN(c1cn[nH]c1[N+](=O)[O-])C1CC1. The third kappa shape index (κ3) is 1.34. The summed E-state index contributed by atoms with van der Waals surface area (Å²) in [6.45, 7) is 0. The summed E-state index contributed by atoms with van der Waals surface area (Å²) >= 11 is 0. The van der Waals surface area contributed by atoms with Crippen LogP contribution in [0.25, 0.3) is 0 Å². The molecule has 1 saturated carbocycles. The second-order valence-corrected chi connectivity index (χ2v) is 3.20. The minimum atomic E-state index is -0.443. The van der Waals surface area contributed by atoms with Gasteiger partial charge in [0.1, 0.15) is 6.20 Å². The number of hydrogen-bond acceptors (Lipinski definition) is 4. The molecule has 2 rings (SSSR count). The average Bonchev–Trinajstić information content (AvgIpc) is 2.80. The minimum absolute atomic E-state index is 0.0191. The summed E-state index contributed by atoms with van der Waals surface area (Å²) < 4.78 is 0. The lowest BCUT2D eigenvalue weighted by atomic mass is 10.4. The second-order valence-electron chi connectivity index (χ2n) is 3.20. The Bertz CT molecular complexity index is 331. The minimum Gasteiger partial charge on any atom is -0.363 e. The van der Waals surface area contributed by atoms with Gasteiger partial charge in [-0.15, -0.1) is 5.10 Å². The molecule has 0 bridgehead atoms. The molecule has 1 aromatic rings. The van der Waals surface area contributed by atoms with E-state index in [1.165, 1.54) is 6.20 Å². The Morgan fingerprint density at radius 2 is 2.46 bits per heavy atom. The predicted molar refractivity (Wildman–Crippen MR) is 46.7 cm³/mol. The number of aromatic nitrogens is 2. The molecule has 0 atom stereocenters. The van der Waals surface area contributed by atoms with E-state index in [-0.39, 0.29) is 5.82 Å². The number of aromatic amines is 1. The fourth-order valence-corrected chi connectivity index (χ4v) is 1.32. The number of hydrogen-bond donors (Lipinski definition) is 1. The maximum atomic E-state index is 10.5. The molecule has 70 valence electrons. The first-order chi connectivity index (χ1) is 6.20. The molecular formula is C7H10N4O2. The van der Waals surface area contributed by atoms with Crippen LogP contribution in [0.3, 0.4) is 0 Å². The van der Waals surface area contributed by atoms with Crippen LogP contribution in [-0.4, -0.2) is 28.2 Å². The lowest BCUT2D eigenvalue weighted by molar-refractivity contribution is -0.388. The maximum absolute atomic E-state index is 10.5. The maximum Gasteiger partial charge on any atom is 0.366 e. The van der Waals surface area contributed by atoms with Gasteiger partial charge in [-0.05, 0) is 17.8 Å². The van der Waals surface area contributed by atoms with Crippen LogP contribution >= 0.6 is 0 Å². The summed E-state index contributed by atoms with van der Waals surface area (Å²) in [5, 5.41) is 16.6. The summed E-state index contributed by atoms with van der Waals surface area (Å²) in [7, 11) is 1.86. The molecule has 0 aliphatic heterocycles. The molecule has 0 spiro atoms. The van der Waals surface area contributed by atoms with Crippen LogP contribution in [0.4, 0.5) is 11.5 Å². The van der Waals surface area contributed by atoms with E-state index in [1.54, 1.807) is 0 Å². The zero-order chi connectivity index (χ0) is 9.42. The number of nitrogens with one attached hydrogen (secondary N) is 1. The van der Waals surface area contributed by atoms with Gasteiger partial charge in [-0.2, -0.15) is 0 Å². The van der Waals surface area contributed by atoms with Gasteiger partial charge >= 0.3 is 5.82 Å². The molecule has 1 aliphatic rings. The van der Waals surface area contributed by atoms with E-state index in [0.717, 1.165) is 12.8 Å². The summed E-state index contributed by atoms with van der Waals surface area (Å²) in [5.41, 5.74) is 0.576. The Kier molecular flexibility index (Phi) is 1.68. The molecule has 1 aromatic heterocycles. The number of nitrogens with zero attached hydrogens (tertiary/aromatic N) is 3. The Morgan fingerprint density at radius 1 is 1.77 bits per heavy atom. The average molecular weight is 182 g/mol. The van der Waals surface area contributed by atoms with Crippen molar-refractivity contribution in [2.75, 3.05) is 11.9 Å². The smallest absolute Gasteiger partial charge is 0.363 e. The zero-order valence-corrected chi connectivity index (χ0v) is 7.23. The zero-order valence-electron chi connectivity index (χ0n) is 7.23. The van der Waals surface area contributed by atoms with Crippen molar-refractivity contribution >= 4 is 11.5 Å². The van der Waals surface area contributed by atoms with Gasteiger partial charge in [0.2, 0.25) is 0 Å². The standard InChI is InChI=1S/C7H10N4O2/c1-10(5-2-3-5)6-4-8-9-7(6)11(12)13/h4-5H,2-3H2,1H3,(H,8,9). The highest BCUT2D eigenvalue weighted by Crippen LogP contribution is 2.33. The van der Waals surface area contributed by atoms with Gasteiger partial charge in [0.25, 0.3) is 0 Å². The van der Waals surface area contributed by atoms with Crippen LogP contribution in [0.2, 0.25) is 0 Å². The molecule has 0 unspecified atom stereocenters. The van der Waals surface area contributed by atoms with Gasteiger partial charge in [0, 0.05) is 13.1 Å². The topological polar surface area (TPSA) is 75.1 Å². The Balaban J connectivity index is 2.27. The second kappa shape index (κ2) is 2.72. The van der Waals surface area contributed by atoms with Crippen LogP contribution in [-0.2, 0) is 0 Å². The summed E-state index contributed by atoms with van der Waals surface area (Å²) in [5.74, 6) is -0.0191. The van der Waals surface area contributed by atoms with Crippen molar-refractivity contribution in [1.82, 2.24) is 10.2 Å². The summed E-state index contributed by atoms with van der Waals surface area (Å²) in [6, 6.07) is 0.455. The monoisotopic (exact) mass is 182 g/mol. The van der Waals surface area contributed by atoms with E-state index in [0.29, 0.717) is 11.7 Å². The highest BCUT2D eigenvalue weighted by molar-refractivity contribution is 5.58. The summed E-state index contributed by atoms with van der Waals surface area (Å²) in [4.78, 5) is 12.0. The molecule has 13 heavy (non-hydrogen) atoms. The number of rotatable bonds is 3. The third-order valence-electron chi connectivity index (χ3n) is 2.26. The highest BCUT2D eigenvalue weighted by Gasteiger charge is 2.31. The molecule has 0 aromatic carbocycles. The Hall–Kier alpha value is -1.59. The molecule has 6 nitrogen and oxygen atoms in total. The van der Waals surface area contributed by atoms with Gasteiger partial charge < -0.3 is 15.0 Å². The van der Waals surface area contributed by atoms with E-state index in [9.17, 15) is 10.1 Å². The van der Waals surface area contributed by atoms with Gasteiger partial charge in [-0.3, -0.25) is 0 Å². The lowest BCUT2D eigenvalue weighted by Gasteiger charge is -2.14. The van der Waals surface area contributed by atoms with Crippen LogP contribution in [0.5, 0.6) is 0 Å². The van der Waals surface area contributed by atoms with Crippen molar-refractivity contribution < 1.29 is 4.92 Å². The molecule has 6 heteroatoms. The Morgan fingerprint density at radius 3 is 3.00 bits per heavy atom. The first-order valence-corrected chi connectivity index (χ1v) is 4.10. The van der Waals surface area contributed by atoms with Crippen molar-refractivity contribution in [3.05, 3.63) is 16.3 Å². The van der Waals surface area contributed by atoms with Gasteiger partial charge in [-0.25, -0.2) is 0 Å². The fourth-order valence-electron chi connectivity index (χ4n) is 1.32. The van der Waals surface area contributed by atoms with E-state index in [1.807, 2.05) is 11.9 Å². The van der Waals surface area contributed by atoms with Crippen molar-refractivity contribution in [2.45, 2.75) is 18.9 Å². The molecule has 1 aliphatic carbocycles. The van der Waals surface area contributed by atoms with E-state index in [4.69, 9.17) is 0 Å². The molecule has 1 fully saturated rings. The highest BCUT2D eigenvalue weighted by atomic mass is 16.6. The van der Waals surface area contributed by atoms with E-state index >= 15 is 0 Å². The molecule has 0 radical (unpaired) electrons. The van der Waals surface area contributed by atoms with Crippen molar-refractivity contribution in [1.29, 1.82) is 0 Å². The lowest BCUT2D eigenvalue weighted by Crippen LogP contribution is -2.19. The van der Waals surface area contributed by atoms with E-state index < -0.39 is 4.92 Å². The van der Waals surface area contributed by atoms with Crippen LogP contribution < -0.4 is 4.90 Å². The molecule has 1 heterocycles. The molecule has 1 N–H and O–H groups in total. The summed E-state index contributed by atoms with van der Waals surface area (Å²) in [6.07, 6.45) is 3.72. The predicted octanol–water partition coefficient (Wildman–Crippen LogP) is 0.916. The molecule has 0 saturated heterocycles. The largest absolute Gasteiger partial charge is 0.366 e. The number of H-pyrrole nitrogens is 1. The molecular weight excluding hydrogens is 172 g/mol. The first-order valence-electron chi connectivity index (χ1n) is 4.10. The van der Waals surface area contributed by atoms with Crippen LogP contribution in [0.15, 0.2) is 6.20 Å². The number of nitro groups is 1. The van der Waals surface area contributed by atoms with Crippen molar-refractivity contribution in [3.8, 4) is 0 Å². The van der Waals surface area contributed by atoms with Gasteiger partial charge in [-0.1, -0.05) is 5.10 Å². The first kappa shape index (κ1) is 8.03. The number of anilines is 1. The van der Waals surface area contributed by atoms with E-state index in [2.05, 4.69) is 10.2 Å². The van der Waals surface area contributed by atoms with Crippen LogP contribution in [0.1, 0.15) is 12.8 Å². The fraction of sp³-hybridized carbons (Fsp3) is 0.571. The quantitative estimate of drug-likeness (QED) is 0.557. The third-order valence-corrected chi connectivity index (χ3v) is 2.26. The van der Waals surface area contributed by atoms with Gasteiger partial charge in [0.15, 0.2) is 5.69 Å². The van der Waals surface area contributed by atoms with Crippen molar-refractivity contribution in [3.63, 3.8) is 0 Å². The van der Waals surface area contributed by atoms with Crippen molar-refractivity contribution in [2.24, 2.45) is 0 Å². The molecule has 0 amide bonds. The normalized spacial score (nSPS) is 15.8. The van der Waals surface area contributed by atoms with Gasteiger partial charge in [0.05, 0.1) is 0 Å².